The van der Waals surface area contributed by atoms with Gasteiger partial charge in [0.1, 0.15) is 0 Å². The molecule has 0 bridgehead atoms. The lowest BCUT2D eigenvalue weighted by molar-refractivity contribution is 0.145. The van der Waals surface area contributed by atoms with E-state index in [1.165, 1.54) is 12.8 Å². The van der Waals surface area contributed by atoms with Crippen molar-refractivity contribution in [2.45, 2.75) is 84.3 Å². The van der Waals surface area contributed by atoms with E-state index in [0.717, 1.165) is 59.1 Å². The first-order valence-corrected chi connectivity index (χ1v) is 12.3. The molecule has 1 aliphatic rings. The fourth-order valence-corrected chi connectivity index (χ4v) is 5.25. The Labute approximate surface area is 195 Å². The largest absolute Gasteiger partial charge is 0.396 e. The summed E-state index contributed by atoms with van der Waals surface area (Å²) in [6.07, 6.45) is 7.14. The van der Waals surface area contributed by atoms with Gasteiger partial charge in [0.05, 0.1) is 12.1 Å². The molecule has 0 saturated heterocycles. The first-order valence-electron chi connectivity index (χ1n) is 12.3. The molecule has 2 N–H and O–H groups in total. The summed E-state index contributed by atoms with van der Waals surface area (Å²) in [5, 5.41) is 23.5. The van der Waals surface area contributed by atoms with Gasteiger partial charge in [0.25, 0.3) is 5.56 Å². The van der Waals surface area contributed by atoms with Gasteiger partial charge in [-0.1, -0.05) is 32.3 Å². The second kappa shape index (κ2) is 10.6. The molecule has 1 atom stereocenters. The molecule has 1 aromatic carbocycles. The number of hydrogen-bond acceptors (Lipinski definition) is 6. The normalized spacial score (nSPS) is 15.7. The number of pyridine rings is 1. The first-order chi connectivity index (χ1) is 16.0. The van der Waals surface area contributed by atoms with Crippen molar-refractivity contribution in [1.29, 1.82) is 0 Å². The van der Waals surface area contributed by atoms with Gasteiger partial charge in [-0.05, 0) is 73.2 Å². The molecule has 0 unspecified atom stereocenters. The average molecular weight is 453 g/mol. The average Bonchev–Trinajstić information content (AvgIpc) is 3.47. The molecule has 1 saturated carbocycles. The van der Waals surface area contributed by atoms with Gasteiger partial charge in [0.15, 0.2) is 5.82 Å². The number of aliphatic hydroxyl groups is 1. The third kappa shape index (κ3) is 5.17. The molecule has 8 heteroatoms. The Morgan fingerprint density at radius 3 is 2.76 bits per heavy atom. The zero-order chi connectivity index (χ0) is 23.4. The molecule has 2 heterocycles. The van der Waals surface area contributed by atoms with Crippen LogP contribution in [0.3, 0.4) is 0 Å². The number of fused-ring (bicyclic) bond motifs is 1. The number of nitrogens with zero attached hydrogens (tertiary/aromatic N) is 5. The lowest BCUT2D eigenvalue weighted by Crippen LogP contribution is -2.34. The summed E-state index contributed by atoms with van der Waals surface area (Å²) in [6, 6.07) is 6.53. The van der Waals surface area contributed by atoms with E-state index in [1.54, 1.807) is 0 Å². The smallest absolute Gasteiger partial charge is 0.252 e. The van der Waals surface area contributed by atoms with Crippen LogP contribution in [0.4, 0.5) is 0 Å². The van der Waals surface area contributed by atoms with E-state index >= 15 is 0 Å². The molecule has 0 spiro atoms. The van der Waals surface area contributed by atoms with Crippen LogP contribution in [0, 0.1) is 13.8 Å². The Hall–Kier alpha value is -2.58. The summed E-state index contributed by atoms with van der Waals surface area (Å²) in [5.41, 5.74) is 3.83. The van der Waals surface area contributed by atoms with Crippen LogP contribution < -0.4 is 5.56 Å². The number of tetrazole rings is 1. The molecule has 178 valence electrons. The number of hydrogen-bond donors (Lipinski definition) is 2. The molecule has 0 radical (unpaired) electrons. The molecule has 8 nitrogen and oxygen atoms in total. The predicted molar refractivity (Wildman–Crippen MR) is 129 cm³/mol. The maximum atomic E-state index is 13.0. The number of aromatic amines is 1. The van der Waals surface area contributed by atoms with Crippen molar-refractivity contribution in [1.82, 2.24) is 30.1 Å². The monoisotopic (exact) mass is 452 g/mol. The van der Waals surface area contributed by atoms with Crippen LogP contribution in [0.25, 0.3) is 10.9 Å². The van der Waals surface area contributed by atoms with E-state index in [2.05, 4.69) is 45.3 Å². The van der Waals surface area contributed by atoms with Crippen molar-refractivity contribution in [2.24, 2.45) is 0 Å². The summed E-state index contributed by atoms with van der Waals surface area (Å²) in [6.45, 7) is 7.55. The summed E-state index contributed by atoms with van der Waals surface area (Å²) < 4.78 is 2.02. The predicted octanol–water partition coefficient (Wildman–Crippen LogP) is 3.97. The zero-order valence-corrected chi connectivity index (χ0v) is 20.0. The Kier molecular flexibility index (Phi) is 7.55. The van der Waals surface area contributed by atoms with Gasteiger partial charge in [0.2, 0.25) is 0 Å². The maximum Gasteiger partial charge on any atom is 0.252 e. The summed E-state index contributed by atoms with van der Waals surface area (Å²) in [4.78, 5) is 18.4. The van der Waals surface area contributed by atoms with E-state index in [1.807, 2.05) is 23.7 Å². The fourth-order valence-electron chi connectivity index (χ4n) is 5.25. The SMILES string of the molecule is CCC[C@H](c1nnnn1C1CCCC1)N(CCCO)Cc1cc2c(C)cc(C)cc2[nH]c1=O. The highest BCUT2D eigenvalue weighted by Crippen LogP contribution is 2.33. The molecule has 4 rings (SSSR count). The highest BCUT2D eigenvalue weighted by Gasteiger charge is 2.30. The van der Waals surface area contributed by atoms with Crippen LogP contribution in [-0.4, -0.2) is 48.3 Å². The van der Waals surface area contributed by atoms with Crippen molar-refractivity contribution >= 4 is 10.9 Å². The maximum absolute atomic E-state index is 13.0. The molecule has 3 aromatic rings. The van der Waals surface area contributed by atoms with E-state index in [0.29, 0.717) is 25.6 Å². The Balaban J connectivity index is 1.70. The van der Waals surface area contributed by atoms with Crippen LogP contribution in [0.15, 0.2) is 23.0 Å². The number of aromatic nitrogens is 5. The third-order valence-corrected chi connectivity index (χ3v) is 6.86. The molecule has 0 amide bonds. The van der Waals surface area contributed by atoms with Crippen molar-refractivity contribution in [3.63, 3.8) is 0 Å². The van der Waals surface area contributed by atoms with Crippen LogP contribution in [0.1, 0.15) is 86.5 Å². The topological polar surface area (TPSA) is 99.9 Å². The van der Waals surface area contributed by atoms with Gasteiger partial charge < -0.3 is 10.1 Å². The minimum atomic E-state index is -0.0628. The zero-order valence-electron chi connectivity index (χ0n) is 20.0. The van der Waals surface area contributed by atoms with Gasteiger partial charge in [0, 0.05) is 36.2 Å². The number of aryl methyl sites for hydroxylation is 2. The number of nitrogens with one attached hydrogen (secondary N) is 1. The number of benzene rings is 1. The number of rotatable bonds is 10. The Morgan fingerprint density at radius 1 is 1.24 bits per heavy atom. The van der Waals surface area contributed by atoms with Crippen molar-refractivity contribution < 1.29 is 5.11 Å². The van der Waals surface area contributed by atoms with Gasteiger partial charge in [-0.3, -0.25) is 9.69 Å². The molecule has 1 fully saturated rings. The Bertz CT molecular complexity index is 1130. The van der Waals surface area contributed by atoms with Crippen LogP contribution in [0.2, 0.25) is 0 Å². The van der Waals surface area contributed by atoms with Crippen LogP contribution in [0.5, 0.6) is 0 Å². The van der Waals surface area contributed by atoms with Crippen molar-refractivity contribution in [2.75, 3.05) is 13.2 Å². The van der Waals surface area contributed by atoms with E-state index < -0.39 is 0 Å². The standard InChI is InChI=1S/C25H36N6O2/c1-4-8-23(24-27-28-29-31(24)20-9-5-6-10-20)30(11-7-12-32)16-19-15-21-18(3)13-17(2)14-22(21)26-25(19)33/h13-15,20,23,32H,4-12,16H2,1-3H3,(H,26,33)/t23-/m1/s1. The van der Waals surface area contributed by atoms with Crippen molar-refractivity contribution in [3.8, 4) is 0 Å². The second-order valence-electron chi connectivity index (χ2n) is 9.44. The number of H-pyrrole nitrogens is 1. The Morgan fingerprint density at radius 2 is 2.03 bits per heavy atom. The highest BCUT2D eigenvalue weighted by atomic mass is 16.3. The molecule has 0 aliphatic heterocycles. The molecule has 2 aromatic heterocycles. The fraction of sp³-hybridized carbons (Fsp3) is 0.600. The summed E-state index contributed by atoms with van der Waals surface area (Å²) in [5.74, 6) is 0.880. The van der Waals surface area contributed by atoms with Crippen LogP contribution in [-0.2, 0) is 6.54 Å². The third-order valence-electron chi connectivity index (χ3n) is 6.86. The molecular weight excluding hydrogens is 416 g/mol. The molecule has 33 heavy (non-hydrogen) atoms. The highest BCUT2D eigenvalue weighted by molar-refractivity contribution is 5.83. The van der Waals surface area contributed by atoms with E-state index in [9.17, 15) is 9.90 Å². The van der Waals surface area contributed by atoms with Gasteiger partial charge in [-0.2, -0.15) is 0 Å². The van der Waals surface area contributed by atoms with Crippen LogP contribution >= 0.6 is 0 Å². The van der Waals surface area contributed by atoms with E-state index in [-0.39, 0.29) is 18.2 Å². The number of aliphatic hydroxyl groups excluding tert-OH is 1. The van der Waals surface area contributed by atoms with E-state index in [4.69, 9.17) is 0 Å². The van der Waals surface area contributed by atoms with Gasteiger partial charge in [-0.15, -0.1) is 5.10 Å². The molecular formula is C25H36N6O2. The van der Waals surface area contributed by atoms with Gasteiger partial charge >= 0.3 is 0 Å². The lowest BCUT2D eigenvalue weighted by atomic mass is 10.0. The summed E-state index contributed by atoms with van der Waals surface area (Å²) in [7, 11) is 0. The quantitative estimate of drug-likeness (QED) is 0.483. The van der Waals surface area contributed by atoms with Crippen molar-refractivity contribution in [3.05, 3.63) is 51.1 Å². The second-order valence-corrected chi connectivity index (χ2v) is 9.44. The van der Waals surface area contributed by atoms with Gasteiger partial charge in [-0.25, -0.2) is 4.68 Å². The molecule has 1 aliphatic carbocycles. The first kappa shape index (κ1) is 23.6. The lowest BCUT2D eigenvalue weighted by Gasteiger charge is -2.31. The minimum absolute atomic E-state index is 0.00800. The summed E-state index contributed by atoms with van der Waals surface area (Å²) >= 11 is 0. The minimum Gasteiger partial charge on any atom is -0.396 e.